The normalized spacial score (nSPS) is 13.3. The Labute approximate surface area is 247 Å². The van der Waals surface area contributed by atoms with Gasteiger partial charge in [-0.05, 0) is 55.7 Å². The van der Waals surface area contributed by atoms with Gasteiger partial charge in [0.1, 0.15) is 10.6 Å². The van der Waals surface area contributed by atoms with Crippen LogP contribution in [0.15, 0.2) is 88.8 Å². The summed E-state index contributed by atoms with van der Waals surface area (Å²) in [5.74, 6) is 0.937. The zero-order valence-corrected chi connectivity index (χ0v) is 24.8. The molecule has 0 fully saturated rings. The fraction of sp³-hybridized carbons (Fsp3) is 0.242. The maximum absolute atomic E-state index is 14.2. The summed E-state index contributed by atoms with van der Waals surface area (Å²) in [6, 6.07) is 25.6. The van der Waals surface area contributed by atoms with Gasteiger partial charge in [-0.15, -0.1) is 11.3 Å². The van der Waals surface area contributed by atoms with Crippen molar-refractivity contribution >= 4 is 39.1 Å². The van der Waals surface area contributed by atoms with Crippen LogP contribution in [0.25, 0.3) is 15.9 Å². The van der Waals surface area contributed by atoms with Crippen molar-refractivity contribution in [3.05, 3.63) is 116 Å². The Kier molecular flexibility index (Phi) is 8.05. The van der Waals surface area contributed by atoms with Crippen LogP contribution in [0.2, 0.25) is 0 Å². The van der Waals surface area contributed by atoms with Gasteiger partial charge in [-0.1, -0.05) is 71.9 Å². The van der Waals surface area contributed by atoms with Crippen molar-refractivity contribution in [2.24, 2.45) is 0 Å². The molecule has 0 aliphatic carbocycles. The Bertz CT molecular complexity index is 1740. The van der Waals surface area contributed by atoms with E-state index in [1.54, 1.807) is 15.9 Å². The van der Waals surface area contributed by atoms with Crippen molar-refractivity contribution in [1.29, 1.82) is 0 Å². The molecule has 3 aromatic carbocycles. The van der Waals surface area contributed by atoms with Crippen molar-refractivity contribution < 1.29 is 9.53 Å². The van der Waals surface area contributed by atoms with E-state index in [0.29, 0.717) is 28.4 Å². The lowest BCUT2D eigenvalue weighted by molar-refractivity contribution is 0.102. The van der Waals surface area contributed by atoms with Crippen LogP contribution in [0.3, 0.4) is 0 Å². The zero-order valence-electron chi connectivity index (χ0n) is 23.1. The molecule has 208 valence electrons. The minimum Gasteiger partial charge on any atom is -0.494 e. The maximum Gasteiger partial charge on any atom is 0.267 e. The first-order valence-corrected chi connectivity index (χ1v) is 15.6. The van der Waals surface area contributed by atoms with Crippen LogP contribution in [0, 0.1) is 6.92 Å². The van der Waals surface area contributed by atoms with E-state index in [9.17, 15) is 9.59 Å². The molecular formula is C33H31N3O3S2. The lowest BCUT2D eigenvalue weighted by Gasteiger charge is -2.26. The number of carbonyl (C=O) groups excluding carboxylic acids is 1. The van der Waals surface area contributed by atoms with Gasteiger partial charge in [0.05, 0.1) is 23.4 Å². The van der Waals surface area contributed by atoms with Crippen LogP contribution in [-0.2, 0) is 19.5 Å². The molecule has 0 bridgehead atoms. The molecule has 0 N–H and O–H groups in total. The summed E-state index contributed by atoms with van der Waals surface area (Å²) < 4.78 is 7.28. The summed E-state index contributed by atoms with van der Waals surface area (Å²) in [7, 11) is 0. The van der Waals surface area contributed by atoms with Crippen LogP contribution < -0.4 is 10.3 Å². The summed E-state index contributed by atoms with van der Waals surface area (Å²) in [4.78, 5) is 36.6. The molecule has 1 aliphatic heterocycles. The average molecular weight is 582 g/mol. The Balaban J connectivity index is 1.36. The Hall–Kier alpha value is -3.72. The average Bonchev–Trinajstić information content (AvgIpc) is 3.35. The Morgan fingerprint density at radius 2 is 1.78 bits per heavy atom. The van der Waals surface area contributed by atoms with Crippen LogP contribution >= 0.6 is 23.1 Å². The number of hydrogen-bond acceptors (Lipinski definition) is 7. The van der Waals surface area contributed by atoms with Crippen LogP contribution in [0.5, 0.6) is 5.75 Å². The third-order valence-corrected chi connectivity index (χ3v) is 9.33. The summed E-state index contributed by atoms with van der Waals surface area (Å²) in [6.45, 7) is 7.06. The first-order valence-electron chi connectivity index (χ1n) is 13.8. The first kappa shape index (κ1) is 27.4. The van der Waals surface area contributed by atoms with Gasteiger partial charge in [-0.25, -0.2) is 4.98 Å². The fourth-order valence-electron chi connectivity index (χ4n) is 5.19. The highest BCUT2D eigenvalue weighted by Crippen LogP contribution is 2.35. The van der Waals surface area contributed by atoms with E-state index in [4.69, 9.17) is 9.72 Å². The van der Waals surface area contributed by atoms with Gasteiger partial charge in [0.25, 0.3) is 5.56 Å². The van der Waals surface area contributed by atoms with Crippen molar-refractivity contribution in [2.75, 3.05) is 18.9 Å². The second-order valence-electron chi connectivity index (χ2n) is 10.2. The fourth-order valence-corrected chi connectivity index (χ4v) is 7.40. The highest BCUT2D eigenvalue weighted by atomic mass is 32.2. The standard InChI is InChI=1S/C33H31N3O3S2/c1-3-39-26-15-13-25(14-16-26)36-32(38)30-27-17-18-35(19-23-7-5-4-6-8-23)20-29(27)41-31(30)34-33(36)40-21-28(37)24-11-9-22(2)10-12-24/h4-16H,3,17-21H2,1-2H3. The number of fused-ring (bicyclic) bond motifs is 3. The van der Waals surface area contributed by atoms with Gasteiger partial charge in [0.2, 0.25) is 0 Å². The second-order valence-corrected chi connectivity index (χ2v) is 12.2. The highest BCUT2D eigenvalue weighted by molar-refractivity contribution is 7.99. The van der Waals surface area contributed by atoms with Crippen molar-refractivity contribution in [2.45, 2.75) is 38.5 Å². The van der Waals surface area contributed by atoms with Gasteiger partial charge < -0.3 is 4.74 Å². The monoisotopic (exact) mass is 581 g/mol. The predicted molar refractivity (Wildman–Crippen MR) is 167 cm³/mol. The van der Waals surface area contributed by atoms with Crippen LogP contribution in [0.1, 0.15) is 38.8 Å². The third kappa shape index (κ3) is 5.86. The molecule has 0 amide bonds. The van der Waals surface area contributed by atoms with Crippen molar-refractivity contribution in [3.63, 3.8) is 0 Å². The lowest BCUT2D eigenvalue weighted by atomic mass is 10.0. The summed E-state index contributed by atoms with van der Waals surface area (Å²) >= 11 is 2.91. The SMILES string of the molecule is CCOc1ccc(-n2c(SCC(=O)c3ccc(C)cc3)nc3sc4c(c3c2=O)CCN(Cc2ccccc2)C4)cc1. The zero-order chi connectivity index (χ0) is 28.3. The molecule has 0 atom stereocenters. The number of ether oxygens (including phenoxy) is 1. The minimum atomic E-state index is -0.0848. The first-order chi connectivity index (χ1) is 20.0. The molecule has 3 heterocycles. The number of nitrogens with zero attached hydrogens (tertiary/aromatic N) is 3. The molecule has 6 nitrogen and oxygen atoms in total. The predicted octanol–water partition coefficient (Wildman–Crippen LogP) is 6.69. The molecule has 0 saturated carbocycles. The van der Waals surface area contributed by atoms with Gasteiger partial charge >= 0.3 is 0 Å². The molecule has 0 unspecified atom stereocenters. The highest BCUT2D eigenvalue weighted by Gasteiger charge is 2.26. The molecule has 2 aromatic heterocycles. The van der Waals surface area contributed by atoms with Crippen LogP contribution in [0.4, 0.5) is 0 Å². The molecule has 6 rings (SSSR count). The molecule has 0 saturated heterocycles. The lowest BCUT2D eigenvalue weighted by Crippen LogP contribution is -2.30. The quantitative estimate of drug-likeness (QED) is 0.110. The number of aromatic nitrogens is 2. The van der Waals surface area contributed by atoms with E-state index < -0.39 is 0 Å². The molecule has 41 heavy (non-hydrogen) atoms. The van der Waals surface area contributed by atoms with E-state index in [1.165, 1.54) is 22.2 Å². The Morgan fingerprint density at radius 1 is 1.02 bits per heavy atom. The van der Waals surface area contributed by atoms with E-state index >= 15 is 0 Å². The van der Waals surface area contributed by atoms with Gasteiger partial charge in [-0.2, -0.15) is 0 Å². The number of Topliss-reactive ketones (excluding diaryl/α,β-unsaturated/α-hetero) is 1. The van der Waals surface area contributed by atoms with E-state index in [0.717, 1.165) is 47.8 Å². The van der Waals surface area contributed by atoms with Gasteiger partial charge in [0.15, 0.2) is 10.9 Å². The number of benzene rings is 3. The summed E-state index contributed by atoms with van der Waals surface area (Å²) in [5.41, 5.74) is 4.78. The number of rotatable bonds is 9. The summed E-state index contributed by atoms with van der Waals surface area (Å²) in [6.07, 6.45) is 0.806. The maximum atomic E-state index is 14.2. The van der Waals surface area contributed by atoms with Gasteiger partial charge in [-0.3, -0.25) is 19.1 Å². The largest absolute Gasteiger partial charge is 0.494 e. The molecule has 0 spiro atoms. The number of thioether (sulfide) groups is 1. The number of hydrogen-bond donors (Lipinski definition) is 0. The third-order valence-electron chi connectivity index (χ3n) is 7.28. The Morgan fingerprint density at radius 3 is 2.51 bits per heavy atom. The van der Waals surface area contributed by atoms with E-state index in [1.807, 2.05) is 68.4 Å². The second kappa shape index (κ2) is 12.0. The molecule has 0 radical (unpaired) electrons. The summed E-state index contributed by atoms with van der Waals surface area (Å²) in [5, 5.41) is 1.22. The number of aryl methyl sites for hydroxylation is 1. The number of carbonyl (C=O) groups is 1. The molecule has 5 aromatic rings. The van der Waals surface area contributed by atoms with Gasteiger partial charge in [0, 0.05) is 30.1 Å². The number of ketones is 1. The van der Waals surface area contributed by atoms with Crippen LogP contribution in [-0.4, -0.2) is 39.1 Å². The van der Waals surface area contributed by atoms with Crippen molar-refractivity contribution in [3.8, 4) is 11.4 Å². The smallest absolute Gasteiger partial charge is 0.267 e. The topological polar surface area (TPSA) is 64.4 Å². The molecule has 1 aliphatic rings. The van der Waals surface area contributed by atoms with E-state index in [-0.39, 0.29) is 17.1 Å². The van der Waals surface area contributed by atoms with E-state index in [2.05, 4.69) is 29.2 Å². The minimum absolute atomic E-state index is 0.00428. The number of thiophene rings is 1. The van der Waals surface area contributed by atoms with Crippen molar-refractivity contribution in [1.82, 2.24) is 14.5 Å². The molecular weight excluding hydrogens is 551 g/mol. The molecule has 8 heteroatoms.